The number of rotatable bonds is 0. The molecule has 1 unspecified atom stereocenters. The minimum Gasteiger partial charge on any atom is -0.446 e. The summed E-state index contributed by atoms with van der Waals surface area (Å²) in [5, 5.41) is 9.28. The lowest BCUT2D eigenvalue weighted by Crippen LogP contribution is -2.17. The molecule has 3 nitrogen and oxygen atoms in total. The molecule has 1 atom stereocenters. The predicted octanol–water partition coefficient (Wildman–Crippen LogP) is 0.833. The zero-order chi connectivity index (χ0) is 7.84. The Morgan fingerprint density at radius 2 is 2.45 bits per heavy atom. The van der Waals surface area contributed by atoms with Gasteiger partial charge in [-0.25, -0.2) is 4.98 Å². The van der Waals surface area contributed by atoms with E-state index >= 15 is 0 Å². The van der Waals surface area contributed by atoms with Crippen molar-refractivity contribution in [3.8, 4) is 0 Å². The van der Waals surface area contributed by atoms with E-state index in [1.807, 2.05) is 6.92 Å². The molecule has 11 heavy (non-hydrogen) atoms. The molecule has 1 aliphatic carbocycles. The van der Waals surface area contributed by atoms with Crippen molar-refractivity contribution in [2.45, 2.75) is 32.3 Å². The Morgan fingerprint density at radius 1 is 1.64 bits per heavy atom. The minimum absolute atomic E-state index is 0.227. The first kappa shape index (κ1) is 6.85. The quantitative estimate of drug-likeness (QED) is 0.600. The van der Waals surface area contributed by atoms with Crippen LogP contribution in [-0.2, 0) is 12.8 Å². The lowest BCUT2D eigenvalue weighted by molar-refractivity contribution is 0.149. The zero-order valence-corrected chi connectivity index (χ0v) is 6.50. The molecule has 0 amide bonds. The first-order chi connectivity index (χ1) is 5.25. The second kappa shape index (κ2) is 2.34. The molecular weight excluding hydrogens is 142 g/mol. The van der Waals surface area contributed by atoms with Gasteiger partial charge < -0.3 is 9.52 Å². The van der Waals surface area contributed by atoms with Crippen LogP contribution in [0.5, 0.6) is 0 Å². The second-order valence-corrected chi connectivity index (χ2v) is 3.00. The van der Waals surface area contributed by atoms with Gasteiger partial charge in [0.25, 0.3) is 0 Å². The van der Waals surface area contributed by atoms with Gasteiger partial charge in [0.15, 0.2) is 5.89 Å². The van der Waals surface area contributed by atoms with Crippen molar-refractivity contribution in [3.63, 3.8) is 0 Å². The molecule has 60 valence electrons. The van der Waals surface area contributed by atoms with E-state index < -0.39 is 0 Å². The van der Waals surface area contributed by atoms with Crippen molar-refractivity contribution >= 4 is 0 Å². The van der Waals surface area contributed by atoms with Gasteiger partial charge in [0.2, 0.25) is 0 Å². The molecule has 0 aromatic carbocycles. The van der Waals surface area contributed by atoms with E-state index in [4.69, 9.17) is 4.42 Å². The number of oxazole rings is 1. The van der Waals surface area contributed by atoms with E-state index in [2.05, 4.69) is 4.98 Å². The molecule has 1 aromatic rings. The highest BCUT2D eigenvalue weighted by Crippen LogP contribution is 2.21. The number of aromatic nitrogens is 1. The van der Waals surface area contributed by atoms with E-state index in [1.54, 1.807) is 0 Å². The van der Waals surface area contributed by atoms with Gasteiger partial charge in [-0.05, 0) is 12.8 Å². The Morgan fingerprint density at radius 3 is 3.27 bits per heavy atom. The fraction of sp³-hybridized carbons (Fsp3) is 0.625. The largest absolute Gasteiger partial charge is 0.446 e. The summed E-state index contributed by atoms with van der Waals surface area (Å²) in [6, 6.07) is 0. The lowest BCUT2D eigenvalue weighted by Gasteiger charge is -2.13. The number of hydrogen-bond donors (Lipinski definition) is 1. The molecule has 0 fully saturated rings. The van der Waals surface area contributed by atoms with E-state index in [0.29, 0.717) is 12.3 Å². The maximum atomic E-state index is 9.28. The average molecular weight is 153 g/mol. The third-order valence-corrected chi connectivity index (χ3v) is 2.02. The van der Waals surface area contributed by atoms with Gasteiger partial charge in [0.05, 0.1) is 11.8 Å². The van der Waals surface area contributed by atoms with Crippen LogP contribution in [-0.4, -0.2) is 16.2 Å². The molecule has 0 radical (unpaired) electrons. The highest BCUT2D eigenvalue weighted by molar-refractivity contribution is 5.14. The molecule has 3 heteroatoms. The molecule has 0 bridgehead atoms. The van der Waals surface area contributed by atoms with E-state index in [0.717, 1.165) is 24.3 Å². The fourth-order valence-electron chi connectivity index (χ4n) is 1.49. The topological polar surface area (TPSA) is 46.3 Å². The third kappa shape index (κ3) is 1.16. The molecule has 0 saturated carbocycles. The van der Waals surface area contributed by atoms with Crippen molar-refractivity contribution in [3.05, 3.63) is 17.3 Å². The number of aliphatic hydroxyl groups is 1. The Balaban J connectivity index is 2.34. The smallest absolute Gasteiger partial charge is 0.191 e. The van der Waals surface area contributed by atoms with Crippen molar-refractivity contribution in [2.75, 3.05) is 0 Å². The van der Waals surface area contributed by atoms with E-state index in [1.165, 1.54) is 0 Å². The zero-order valence-electron chi connectivity index (χ0n) is 6.50. The van der Waals surface area contributed by atoms with E-state index in [-0.39, 0.29) is 6.10 Å². The number of aryl methyl sites for hydroxylation is 2. The summed E-state index contributed by atoms with van der Waals surface area (Å²) in [6.07, 6.45) is 2.08. The molecule has 0 spiro atoms. The number of nitrogens with zero attached hydrogens (tertiary/aromatic N) is 1. The number of hydrogen-bond acceptors (Lipinski definition) is 3. The Kier molecular flexibility index (Phi) is 1.46. The van der Waals surface area contributed by atoms with Gasteiger partial charge in [-0.1, -0.05) is 0 Å². The molecule has 1 N–H and O–H groups in total. The summed E-state index contributed by atoms with van der Waals surface area (Å²) >= 11 is 0. The van der Waals surface area contributed by atoms with Crippen LogP contribution in [0.15, 0.2) is 4.42 Å². The Bertz CT molecular complexity index is 267. The van der Waals surface area contributed by atoms with Gasteiger partial charge in [-0.15, -0.1) is 0 Å². The van der Waals surface area contributed by atoms with Crippen LogP contribution in [0.3, 0.4) is 0 Å². The van der Waals surface area contributed by atoms with Crippen LogP contribution >= 0.6 is 0 Å². The summed E-state index contributed by atoms with van der Waals surface area (Å²) in [5.74, 6) is 1.59. The van der Waals surface area contributed by atoms with Crippen molar-refractivity contribution in [1.82, 2.24) is 4.98 Å². The van der Waals surface area contributed by atoms with E-state index in [9.17, 15) is 5.11 Å². The van der Waals surface area contributed by atoms with Crippen LogP contribution in [0.2, 0.25) is 0 Å². The van der Waals surface area contributed by atoms with Crippen molar-refractivity contribution in [2.24, 2.45) is 0 Å². The summed E-state index contributed by atoms with van der Waals surface area (Å²) in [6.45, 7) is 1.84. The lowest BCUT2D eigenvalue weighted by atomic mass is 10.00. The second-order valence-electron chi connectivity index (χ2n) is 3.00. The maximum Gasteiger partial charge on any atom is 0.191 e. The van der Waals surface area contributed by atoms with Gasteiger partial charge in [-0.2, -0.15) is 0 Å². The number of aliphatic hydroxyl groups excluding tert-OH is 1. The standard InChI is InChI=1S/C8H11NO2/c1-5-9-7-3-2-6(10)4-8(7)11-5/h6,10H,2-4H2,1H3. The number of fused-ring (bicyclic) bond motifs is 1. The summed E-state index contributed by atoms with van der Waals surface area (Å²) < 4.78 is 5.31. The molecule has 0 saturated heterocycles. The first-order valence-corrected chi connectivity index (χ1v) is 3.89. The third-order valence-electron chi connectivity index (χ3n) is 2.02. The fourth-order valence-corrected chi connectivity index (χ4v) is 1.49. The predicted molar refractivity (Wildman–Crippen MR) is 39.3 cm³/mol. The maximum absolute atomic E-state index is 9.28. The van der Waals surface area contributed by atoms with Crippen LogP contribution in [0.25, 0.3) is 0 Å². The van der Waals surface area contributed by atoms with Crippen LogP contribution in [0, 0.1) is 6.92 Å². The first-order valence-electron chi connectivity index (χ1n) is 3.89. The highest BCUT2D eigenvalue weighted by atomic mass is 16.4. The van der Waals surface area contributed by atoms with Gasteiger partial charge >= 0.3 is 0 Å². The highest BCUT2D eigenvalue weighted by Gasteiger charge is 2.20. The normalized spacial score (nSPS) is 23.3. The minimum atomic E-state index is -0.227. The molecule has 2 rings (SSSR count). The molecular formula is C8H11NO2. The molecule has 0 aliphatic heterocycles. The molecule has 1 aromatic heterocycles. The van der Waals surface area contributed by atoms with Crippen molar-refractivity contribution < 1.29 is 9.52 Å². The van der Waals surface area contributed by atoms with Gasteiger partial charge in [0, 0.05) is 13.3 Å². The van der Waals surface area contributed by atoms with Crippen LogP contribution < -0.4 is 0 Å². The van der Waals surface area contributed by atoms with Crippen LogP contribution in [0.1, 0.15) is 23.8 Å². The SMILES string of the molecule is Cc1nc2c(o1)CC(O)CC2. The molecule has 1 aliphatic rings. The molecule has 1 heterocycles. The van der Waals surface area contributed by atoms with Gasteiger partial charge in [-0.3, -0.25) is 0 Å². The Labute approximate surface area is 65.1 Å². The summed E-state index contributed by atoms with van der Waals surface area (Å²) in [4.78, 5) is 4.21. The van der Waals surface area contributed by atoms with Crippen LogP contribution in [0.4, 0.5) is 0 Å². The average Bonchev–Trinajstić information content (AvgIpc) is 2.27. The monoisotopic (exact) mass is 153 g/mol. The van der Waals surface area contributed by atoms with Gasteiger partial charge in [0.1, 0.15) is 5.76 Å². The Hall–Kier alpha value is -0.830. The van der Waals surface area contributed by atoms with Crippen molar-refractivity contribution in [1.29, 1.82) is 0 Å². The summed E-state index contributed by atoms with van der Waals surface area (Å²) in [5.41, 5.74) is 1.04. The summed E-state index contributed by atoms with van der Waals surface area (Å²) in [7, 11) is 0.